The topological polar surface area (TPSA) is 91.4 Å². The molecule has 22 heavy (non-hydrogen) atoms. The van der Waals surface area contributed by atoms with Gasteiger partial charge in [0.25, 0.3) is 0 Å². The van der Waals surface area contributed by atoms with Crippen LogP contribution < -0.4 is 5.73 Å². The number of allylic oxidation sites excluding steroid dienone is 1. The highest BCUT2D eigenvalue weighted by Crippen LogP contribution is 2.29. The monoisotopic (exact) mass is 289 g/mol. The van der Waals surface area contributed by atoms with Crippen LogP contribution >= 0.6 is 0 Å². The van der Waals surface area contributed by atoms with Crippen molar-refractivity contribution in [2.75, 3.05) is 6.54 Å². The summed E-state index contributed by atoms with van der Waals surface area (Å²) in [5.41, 5.74) is 11.5. The molecule has 3 aromatic rings. The lowest BCUT2D eigenvalue weighted by atomic mass is 9.95. The predicted molar refractivity (Wildman–Crippen MR) is 86.7 cm³/mol. The van der Waals surface area contributed by atoms with Gasteiger partial charge in [0.1, 0.15) is 0 Å². The molecular weight excluding hydrogens is 274 g/mol. The van der Waals surface area contributed by atoms with Crippen LogP contribution in [0.5, 0.6) is 0 Å². The van der Waals surface area contributed by atoms with E-state index < -0.39 is 0 Å². The number of aryl methyl sites for hydroxylation is 1. The first-order chi connectivity index (χ1) is 10.7. The van der Waals surface area contributed by atoms with Gasteiger partial charge in [0.15, 0.2) is 5.65 Å². The van der Waals surface area contributed by atoms with Crippen LogP contribution in [0.3, 0.4) is 0 Å². The number of benzene rings is 1. The lowest BCUT2D eigenvalue weighted by Gasteiger charge is -2.10. The number of aromatic nitrogens is 3. The first-order valence-electron chi connectivity index (χ1n) is 6.92. The number of hydrogen-bond donors (Lipinski definition) is 2. The molecule has 0 aliphatic heterocycles. The Morgan fingerprint density at radius 2 is 2.27 bits per heavy atom. The molecule has 5 nitrogen and oxygen atoms in total. The minimum Gasteiger partial charge on any atom is -0.326 e. The highest BCUT2D eigenvalue weighted by molar-refractivity contribution is 5.92. The summed E-state index contributed by atoms with van der Waals surface area (Å²) >= 11 is 0. The predicted octanol–water partition coefficient (Wildman–Crippen LogP) is 2.80. The summed E-state index contributed by atoms with van der Waals surface area (Å²) < 4.78 is 0. The van der Waals surface area contributed by atoms with Crippen LogP contribution in [0.4, 0.5) is 0 Å². The first kappa shape index (κ1) is 14.0. The summed E-state index contributed by atoms with van der Waals surface area (Å²) in [6.45, 7) is 2.36. The molecule has 0 spiro atoms. The van der Waals surface area contributed by atoms with Gasteiger partial charge < -0.3 is 5.73 Å². The molecule has 0 aliphatic rings. The number of nitriles is 1. The fourth-order valence-corrected chi connectivity index (χ4v) is 2.56. The molecule has 3 N–H and O–H groups in total. The zero-order valence-electron chi connectivity index (χ0n) is 12.2. The molecule has 3 rings (SSSR count). The average molecular weight is 289 g/mol. The fraction of sp³-hybridized carbons (Fsp3) is 0.118. The molecule has 1 aromatic carbocycles. The number of nitrogens with two attached hydrogens (primary N) is 1. The van der Waals surface area contributed by atoms with Crippen LogP contribution in [0.25, 0.3) is 27.7 Å². The maximum absolute atomic E-state index is 8.90. The maximum atomic E-state index is 8.90. The van der Waals surface area contributed by atoms with Crippen LogP contribution in [-0.2, 0) is 0 Å². The van der Waals surface area contributed by atoms with Gasteiger partial charge in [-0.1, -0.05) is 12.1 Å². The Hall–Kier alpha value is -2.97. The van der Waals surface area contributed by atoms with E-state index in [2.05, 4.69) is 27.3 Å². The lowest BCUT2D eigenvalue weighted by Crippen LogP contribution is -2.02. The highest BCUT2D eigenvalue weighted by Gasteiger charge is 2.09. The third-order valence-electron chi connectivity index (χ3n) is 3.57. The summed E-state index contributed by atoms with van der Waals surface area (Å²) in [6, 6.07) is 10.2. The summed E-state index contributed by atoms with van der Waals surface area (Å²) in [4.78, 5) is 4.26. The van der Waals surface area contributed by atoms with Crippen molar-refractivity contribution < 1.29 is 0 Å². The van der Waals surface area contributed by atoms with Gasteiger partial charge in [0, 0.05) is 24.2 Å². The molecule has 0 unspecified atom stereocenters. The van der Waals surface area contributed by atoms with Crippen molar-refractivity contribution in [2.24, 2.45) is 5.73 Å². The minimum absolute atomic E-state index is 0.327. The van der Waals surface area contributed by atoms with Crippen LogP contribution in [0, 0.1) is 18.3 Å². The molecule has 0 bridgehead atoms. The summed E-state index contributed by atoms with van der Waals surface area (Å²) in [6.07, 6.45) is 5.03. The van der Waals surface area contributed by atoms with Crippen LogP contribution in [0.15, 0.2) is 42.7 Å². The number of aromatic amines is 1. The number of fused-ring (bicyclic) bond motifs is 1. The molecule has 2 heterocycles. The molecule has 0 radical (unpaired) electrons. The number of pyridine rings is 1. The van der Waals surface area contributed by atoms with E-state index in [4.69, 9.17) is 11.0 Å². The van der Waals surface area contributed by atoms with Gasteiger partial charge in [-0.15, -0.1) is 0 Å². The second kappa shape index (κ2) is 5.80. The van der Waals surface area contributed by atoms with E-state index in [1.54, 1.807) is 12.4 Å². The minimum atomic E-state index is 0.327. The van der Waals surface area contributed by atoms with Crippen molar-refractivity contribution in [3.05, 3.63) is 53.9 Å². The highest BCUT2D eigenvalue weighted by atomic mass is 15.1. The zero-order valence-corrected chi connectivity index (χ0v) is 12.2. The van der Waals surface area contributed by atoms with Gasteiger partial charge in [-0.2, -0.15) is 10.4 Å². The molecular formula is C17H15N5. The summed E-state index contributed by atoms with van der Waals surface area (Å²) in [7, 11) is 0. The van der Waals surface area contributed by atoms with Gasteiger partial charge in [-0.05, 0) is 46.9 Å². The fourth-order valence-electron chi connectivity index (χ4n) is 2.56. The molecule has 0 atom stereocenters. The molecule has 0 fully saturated rings. The van der Waals surface area contributed by atoms with Crippen molar-refractivity contribution in [3.63, 3.8) is 0 Å². The Balaban J connectivity index is 2.20. The Bertz CT molecular complexity index is 899. The van der Waals surface area contributed by atoms with Gasteiger partial charge in [-0.3, -0.25) is 5.10 Å². The van der Waals surface area contributed by atoms with Crippen molar-refractivity contribution >= 4 is 16.6 Å². The van der Waals surface area contributed by atoms with Crippen molar-refractivity contribution in [1.29, 1.82) is 5.26 Å². The normalized spacial score (nSPS) is 11.6. The SMILES string of the molecule is Cc1cc(/C(=C/C#N)CN)cc(-c2ccnc3[nH]ncc23)c1. The molecule has 0 saturated heterocycles. The Kier molecular flexibility index (Phi) is 3.69. The van der Waals surface area contributed by atoms with Crippen molar-refractivity contribution in [2.45, 2.75) is 6.92 Å². The third kappa shape index (κ3) is 2.48. The molecule has 0 amide bonds. The van der Waals surface area contributed by atoms with E-state index in [1.165, 1.54) is 6.08 Å². The van der Waals surface area contributed by atoms with Gasteiger partial charge in [0.05, 0.1) is 12.3 Å². The smallest absolute Gasteiger partial charge is 0.155 e. The van der Waals surface area contributed by atoms with E-state index in [0.29, 0.717) is 6.54 Å². The Labute approximate surface area is 128 Å². The van der Waals surface area contributed by atoms with Crippen LogP contribution in [0.2, 0.25) is 0 Å². The number of H-pyrrole nitrogens is 1. The van der Waals surface area contributed by atoms with E-state index >= 15 is 0 Å². The molecule has 2 aromatic heterocycles. The van der Waals surface area contributed by atoms with Crippen LogP contribution in [-0.4, -0.2) is 21.7 Å². The van der Waals surface area contributed by atoms with Crippen molar-refractivity contribution in [3.8, 4) is 17.2 Å². The molecule has 5 heteroatoms. The van der Waals surface area contributed by atoms with E-state index in [-0.39, 0.29) is 0 Å². The van der Waals surface area contributed by atoms with E-state index in [9.17, 15) is 0 Å². The zero-order chi connectivity index (χ0) is 15.5. The molecule has 108 valence electrons. The number of rotatable bonds is 3. The second-order valence-corrected chi connectivity index (χ2v) is 5.08. The lowest BCUT2D eigenvalue weighted by molar-refractivity contribution is 1.10. The van der Waals surface area contributed by atoms with Gasteiger partial charge in [0.2, 0.25) is 0 Å². The average Bonchev–Trinajstić information content (AvgIpc) is 3.00. The number of nitrogens with zero attached hydrogens (tertiary/aromatic N) is 3. The summed E-state index contributed by atoms with van der Waals surface area (Å²) in [5.74, 6) is 0. The van der Waals surface area contributed by atoms with Gasteiger partial charge in [-0.25, -0.2) is 4.98 Å². The molecule has 0 saturated carbocycles. The number of hydrogen-bond acceptors (Lipinski definition) is 4. The van der Waals surface area contributed by atoms with Crippen molar-refractivity contribution in [1.82, 2.24) is 15.2 Å². The Morgan fingerprint density at radius 1 is 1.41 bits per heavy atom. The Morgan fingerprint density at radius 3 is 3.05 bits per heavy atom. The summed E-state index contributed by atoms with van der Waals surface area (Å²) in [5, 5.41) is 16.8. The van der Waals surface area contributed by atoms with E-state index in [1.807, 2.05) is 25.1 Å². The first-order valence-corrected chi connectivity index (χ1v) is 6.92. The van der Waals surface area contributed by atoms with E-state index in [0.717, 1.165) is 38.9 Å². The number of nitrogens with one attached hydrogen (secondary N) is 1. The van der Waals surface area contributed by atoms with Crippen LogP contribution in [0.1, 0.15) is 11.1 Å². The van der Waals surface area contributed by atoms with Gasteiger partial charge >= 0.3 is 0 Å². The largest absolute Gasteiger partial charge is 0.326 e. The standard InChI is InChI=1S/C17H15N5/c1-11-6-13(12(9-19)2-4-18)8-14(7-11)15-3-5-20-17-16(15)10-21-22-17/h2-3,5-8,10H,9,19H2,1H3,(H,20,21,22)/b12-2+. The maximum Gasteiger partial charge on any atom is 0.155 e. The molecule has 0 aliphatic carbocycles. The quantitative estimate of drug-likeness (QED) is 0.725. The second-order valence-electron chi connectivity index (χ2n) is 5.08. The third-order valence-corrected chi connectivity index (χ3v) is 3.57.